The van der Waals surface area contributed by atoms with Gasteiger partial charge >= 0.3 is 6.18 Å². The van der Waals surface area contributed by atoms with Gasteiger partial charge in [-0.1, -0.05) is 0 Å². The molecule has 1 amide bonds. The average Bonchev–Trinajstić information content (AvgIpc) is 3.23. The van der Waals surface area contributed by atoms with Gasteiger partial charge in [0.15, 0.2) is 11.6 Å². The molecule has 160 valence electrons. The van der Waals surface area contributed by atoms with Gasteiger partial charge in [-0.2, -0.15) is 18.4 Å². The second-order valence-corrected chi connectivity index (χ2v) is 6.40. The zero-order chi connectivity index (χ0) is 22.8. The zero-order valence-corrected chi connectivity index (χ0v) is 15.7. The summed E-state index contributed by atoms with van der Waals surface area (Å²) >= 11 is 0. The first-order chi connectivity index (χ1) is 14.6. The SMILES string of the molecule is CC(NC(=O)c1cc(C(F)F)cc(C(F)(F)F)c1)c1ncn(-c2ccc(C#N)cn2)n1. The maximum Gasteiger partial charge on any atom is 0.416 e. The van der Waals surface area contributed by atoms with Crippen LogP contribution in [0.25, 0.3) is 5.82 Å². The Labute approximate surface area is 172 Å². The lowest BCUT2D eigenvalue weighted by molar-refractivity contribution is -0.137. The lowest BCUT2D eigenvalue weighted by atomic mass is 10.0. The van der Waals surface area contributed by atoms with Gasteiger partial charge in [0.1, 0.15) is 12.4 Å². The molecule has 2 heterocycles. The van der Waals surface area contributed by atoms with Crippen molar-refractivity contribution in [3.8, 4) is 11.9 Å². The third-order valence-electron chi connectivity index (χ3n) is 4.15. The highest BCUT2D eigenvalue weighted by Gasteiger charge is 2.33. The number of alkyl halides is 5. The van der Waals surface area contributed by atoms with Crippen molar-refractivity contribution < 1.29 is 26.7 Å². The molecule has 0 saturated heterocycles. The minimum atomic E-state index is -4.89. The van der Waals surface area contributed by atoms with Crippen molar-refractivity contribution in [1.82, 2.24) is 25.1 Å². The monoisotopic (exact) mass is 436 g/mol. The van der Waals surface area contributed by atoms with Gasteiger partial charge in [-0.15, -0.1) is 5.10 Å². The van der Waals surface area contributed by atoms with Crippen LogP contribution in [0.1, 0.15) is 52.3 Å². The first kappa shape index (κ1) is 21.8. The number of pyridine rings is 1. The van der Waals surface area contributed by atoms with Crippen LogP contribution < -0.4 is 5.32 Å². The first-order valence-electron chi connectivity index (χ1n) is 8.67. The van der Waals surface area contributed by atoms with Crippen molar-refractivity contribution >= 4 is 5.91 Å². The number of benzene rings is 1. The number of carbonyl (C=O) groups excluding carboxylic acids is 1. The maximum absolute atomic E-state index is 13.0. The van der Waals surface area contributed by atoms with E-state index in [1.807, 2.05) is 6.07 Å². The molecule has 0 aliphatic rings. The van der Waals surface area contributed by atoms with Crippen LogP contribution in [0.15, 0.2) is 42.9 Å². The standard InChI is InChI=1S/C19H13F5N6O/c1-10(17-27-9-30(29-17)15-3-2-11(7-25)8-26-15)28-18(31)13-4-12(16(20)21)5-14(6-13)19(22,23)24/h2-6,8-10,16H,1H3,(H,28,31). The Morgan fingerprint density at radius 3 is 2.52 bits per heavy atom. The van der Waals surface area contributed by atoms with Crippen LogP contribution in [0.3, 0.4) is 0 Å². The lowest BCUT2D eigenvalue weighted by Gasteiger charge is -2.14. The van der Waals surface area contributed by atoms with Crippen molar-refractivity contribution in [2.24, 2.45) is 0 Å². The van der Waals surface area contributed by atoms with Gasteiger partial charge in [-0.25, -0.2) is 23.4 Å². The molecule has 0 aliphatic carbocycles. The molecule has 12 heteroatoms. The highest BCUT2D eigenvalue weighted by atomic mass is 19.4. The van der Waals surface area contributed by atoms with Crippen molar-refractivity contribution in [2.45, 2.75) is 25.6 Å². The van der Waals surface area contributed by atoms with E-state index >= 15 is 0 Å². The Kier molecular flexibility index (Phi) is 5.96. The van der Waals surface area contributed by atoms with Crippen LogP contribution in [0.2, 0.25) is 0 Å². The van der Waals surface area contributed by atoms with Gasteiger partial charge in [0.05, 0.1) is 17.2 Å². The van der Waals surface area contributed by atoms with Crippen molar-refractivity contribution in [3.63, 3.8) is 0 Å². The van der Waals surface area contributed by atoms with Crippen molar-refractivity contribution in [3.05, 3.63) is 70.9 Å². The Morgan fingerprint density at radius 2 is 1.94 bits per heavy atom. The maximum atomic E-state index is 13.0. The molecule has 2 aromatic heterocycles. The fraction of sp³-hybridized carbons (Fsp3) is 0.211. The van der Waals surface area contributed by atoms with Gasteiger partial charge in [0, 0.05) is 17.3 Å². The number of amides is 1. The fourth-order valence-electron chi connectivity index (χ4n) is 2.59. The molecule has 0 saturated carbocycles. The second-order valence-electron chi connectivity index (χ2n) is 6.40. The molecule has 1 N–H and O–H groups in total. The van der Waals surface area contributed by atoms with Gasteiger partial charge in [-0.05, 0) is 37.3 Å². The van der Waals surface area contributed by atoms with Gasteiger partial charge in [0.25, 0.3) is 12.3 Å². The molecule has 0 aliphatic heterocycles. The number of nitrogens with one attached hydrogen (secondary N) is 1. The number of halogens is 5. The number of carbonyl (C=O) groups is 1. The van der Waals surface area contributed by atoms with E-state index in [-0.39, 0.29) is 5.82 Å². The van der Waals surface area contributed by atoms with E-state index in [1.54, 1.807) is 0 Å². The highest BCUT2D eigenvalue weighted by Crippen LogP contribution is 2.33. The summed E-state index contributed by atoms with van der Waals surface area (Å²) in [6.45, 7) is 1.48. The summed E-state index contributed by atoms with van der Waals surface area (Å²) in [4.78, 5) is 20.5. The number of nitrogens with zero attached hydrogens (tertiary/aromatic N) is 5. The number of nitriles is 1. The summed E-state index contributed by atoms with van der Waals surface area (Å²) in [5.74, 6) is -0.537. The molecular formula is C19H13F5N6O. The topological polar surface area (TPSA) is 96.5 Å². The van der Waals surface area contributed by atoms with E-state index in [2.05, 4.69) is 20.4 Å². The van der Waals surface area contributed by atoms with Gasteiger partial charge in [-0.3, -0.25) is 4.79 Å². The fourth-order valence-corrected chi connectivity index (χ4v) is 2.59. The average molecular weight is 436 g/mol. The predicted octanol–water partition coefficient (Wildman–Crippen LogP) is 3.98. The van der Waals surface area contributed by atoms with Crippen LogP contribution in [0.5, 0.6) is 0 Å². The largest absolute Gasteiger partial charge is 0.416 e. The zero-order valence-electron chi connectivity index (χ0n) is 15.7. The van der Waals surface area contributed by atoms with Crippen LogP contribution in [0, 0.1) is 11.3 Å². The van der Waals surface area contributed by atoms with E-state index in [0.29, 0.717) is 29.6 Å². The molecule has 1 aromatic carbocycles. The number of rotatable bonds is 5. The predicted molar refractivity (Wildman–Crippen MR) is 96.2 cm³/mol. The minimum absolute atomic E-state index is 0.112. The normalized spacial score (nSPS) is 12.5. The van der Waals surface area contributed by atoms with Crippen LogP contribution in [-0.2, 0) is 6.18 Å². The number of hydrogen-bond donors (Lipinski definition) is 1. The third-order valence-corrected chi connectivity index (χ3v) is 4.15. The van der Waals surface area contributed by atoms with E-state index < -0.39 is 41.2 Å². The smallest absolute Gasteiger partial charge is 0.342 e. The minimum Gasteiger partial charge on any atom is -0.342 e. The summed E-state index contributed by atoms with van der Waals surface area (Å²) in [6.07, 6.45) is -5.44. The molecule has 3 rings (SSSR count). The van der Waals surface area contributed by atoms with Crippen LogP contribution in [0.4, 0.5) is 22.0 Å². The van der Waals surface area contributed by atoms with E-state index in [0.717, 1.165) is 0 Å². The Hall–Kier alpha value is -3.88. The first-order valence-corrected chi connectivity index (χ1v) is 8.67. The van der Waals surface area contributed by atoms with E-state index in [4.69, 9.17) is 5.26 Å². The summed E-state index contributed by atoms with van der Waals surface area (Å²) in [5.41, 5.74) is -2.49. The Bertz CT molecular complexity index is 1130. The number of aromatic nitrogens is 4. The Balaban J connectivity index is 1.80. The van der Waals surface area contributed by atoms with Crippen LogP contribution >= 0.6 is 0 Å². The molecule has 3 aromatic rings. The molecule has 0 fully saturated rings. The molecule has 0 radical (unpaired) electrons. The van der Waals surface area contributed by atoms with Gasteiger partial charge < -0.3 is 5.32 Å². The highest BCUT2D eigenvalue weighted by molar-refractivity contribution is 5.94. The molecule has 1 unspecified atom stereocenters. The molecule has 1 atom stereocenters. The van der Waals surface area contributed by atoms with Gasteiger partial charge in [0.2, 0.25) is 0 Å². The van der Waals surface area contributed by atoms with Crippen molar-refractivity contribution in [1.29, 1.82) is 5.26 Å². The summed E-state index contributed by atoms with van der Waals surface area (Å²) in [6, 6.07) is 5.61. The molecule has 0 bridgehead atoms. The molecular weight excluding hydrogens is 423 g/mol. The quantitative estimate of drug-likeness (QED) is 0.611. The molecule has 31 heavy (non-hydrogen) atoms. The lowest BCUT2D eigenvalue weighted by Crippen LogP contribution is -2.28. The molecule has 0 spiro atoms. The van der Waals surface area contributed by atoms with Crippen LogP contribution in [-0.4, -0.2) is 25.7 Å². The van der Waals surface area contributed by atoms with E-state index in [9.17, 15) is 26.7 Å². The Morgan fingerprint density at radius 1 is 1.19 bits per heavy atom. The number of hydrogen-bond acceptors (Lipinski definition) is 5. The summed E-state index contributed by atoms with van der Waals surface area (Å²) in [7, 11) is 0. The summed E-state index contributed by atoms with van der Waals surface area (Å²) in [5, 5.41) is 15.3. The van der Waals surface area contributed by atoms with Crippen molar-refractivity contribution in [2.75, 3.05) is 0 Å². The van der Waals surface area contributed by atoms with E-state index in [1.165, 1.54) is 36.3 Å². The third kappa shape index (κ3) is 5.00. The second kappa shape index (κ2) is 8.47. The molecule has 7 nitrogen and oxygen atoms in total. The summed E-state index contributed by atoms with van der Waals surface area (Å²) < 4.78 is 66.2.